The van der Waals surface area contributed by atoms with Crippen molar-refractivity contribution in [2.24, 2.45) is 10.3 Å². The maximum absolute atomic E-state index is 11.1. The molecule has 0 atom stereocenters. The van der Waals surface area contributed by atoms with Gasteiger partial charge in [-0.2, -0.15) is 0 Å². The van der Waals surface area contributed by atoms with E-state index in [9.17, 15) is 5.21 Å². The molecular weight excluding hydrogens is 198 g/mol. The molecule has 0 aliphatic heterocycles. The highest BCUT2D eigenvalue weighted by Gasteiger charge is 2.31. The minimum atomic E-state index is -0.632. The third-order valence-corrected chi connectivity index (χ3v) is 2.51. The average Bonchev–Trinajstić information content (AvgIpc) is 2.27. The van der Waals surface area contributed by atoms with E-state index in [1.807, 2.05) is 6.92 Å². The van der Waals surface area contributed by atoms with Crippen molar-refractivity contribution < 1.29 is 15.9 Å². The molecule has 15 heavy (non-hydrogen) atoms. The Morgan fingerprint density at radius 1 is 1.20 bits per heavy atom. The molecule has 0 saturated heterocycles. The standard InChI is InChI=1S/C9H19N3O3/c1-4-9(12-15,5-7(2)10-13)6-8(3)11-14/h13-14H,4-6,12H2,1-3H3. The van der Waals surface area contributed by atoms with Crippen molar-refractivity contribution in [1.82, 2.24) is 0 Å². The Kier molecular flexibility index (Phi) is 5.88. The van der Waals surface area contributed by atoms with E-state index in [0.29, 0.717) is 30.7 Å². The van der Waals surface area contributed by atoms with Gasteiger partial charge in [0.1, 0.15) is 5.54 Å². The molecule has 0 rings (SSSR count). The first-order valence-corrected chi connectivity index (χ1v) is 4.85. The first-order chi connectivity index (χ1) is 7.03. The molecule has 6 nitrogen and oxygen atoms in total. The van der Waals surface area contributed by atoms with Crippen LogP contribution in [0.25, 0.3) is 0 Å². The molecule has 0 saturated carbocycles. The van der Waals surface area contributed by atoms with Gasteiger partial charge >= 0.3 is 0 Å². The van der Waals surface area contributed by atoms with E-state index in [4.69, 9.17) is 10.4 Å². The second-order valence-electron chi connectivity index (χ2n) is 3.86. The quantitative estimate of drug-likeness (QED) is 0.346. The van der Waals surface area contributed by atoms with Crippen LogP contribution in [0.3, 0.4) is 0 Å². The molecule has 0 aliphatic rings. The maximum Gasteiger partial charge on any atom is 0.106 e. The number of hydrogen-bond donors (Lipinski definition) is 3. The van der Waals surface area contributed by atoms with Crippen molar-refractivity contribution in [2.45, 2.75) is 45.6 Å². The summed E-state index contributed by atoms with van der Waals surface area (Å²) in [6, 6.07) is 0. The van der Waals surface area contributed by atoms with Crippen LogP contribution in [-0.2, 0) is 0 Å². The Hall–Kier alpha value is -1.14. The fourth-order valence-electron chi connectivity index (χ4n) is 1.57. The molecule has 88 valence electrons. The zero-order chi connectivity index (χ0) is 11.9. The van der Waals surface area contributed by atoms with Gasteiger partial charge in [-0.25, -0.2) is 0 Å². The summed E-state index contributed by atoms with van der Waals surface area (Å²) >= 11 is 0. The Balaban J connectivity index is 4.72. The van der Waals surface area contributed by atoms with Gasteiger partial charge < -0.3 is 21.1 Å². The average molecular weight is 217 g/mol. The molecule has 0 spiro atoms. The normalized spacial score (nSPS) is 17.6. The van der Waals surface area contributed by atoms with E-state index in [-0.39, 0.29) is 0 Å². The predicted octanol–water partition coefficient (Wildman–Crippen LogP) is 0.677. The van der Waals surface area contributed by atoms with Gasteiger partial charge in [0.15, 0.2) is 0 Å². The Labute approximate surface area is 89.2 Å². The van der Waals surface area contributed by atoms with E-state index < -0.39 is 5.54 Å². The van der Waals surface area contributed by atoms with Gasteiger partial charge in [0, 0.05) is 19.3 Å². The molecule has 6 heteroatoms. The lowest BCUT2D eigenvalue weighted by Gasteiger charge is -2.31. The summed E-state index contributed by atoms with van der Waals surface area (Å²) in [6.07, 6.45) is 1.35. The van der Waals surface area contributed by atoms with Crippen LogP contribution in [0.5, 0.6) is 0 Å². The van der Waals surface area contributed by atoms with Gasteiger partial charge in [0.2, 0.25) is 0 Å². The Morgan fingerprint density at radius 2 is 1.60 bits per heavy atom. The number of rotatable bonds is 6. The van der Waals surface area contributed by atoms with Crippen LogP contribution in [0.4, 0.5) is 0 Å². The molecule has 0 unspecified atom stereocenters. The van der Waals surface area contributed by atoms with Gasteiger partial charge in [-0.05, 0) is 13.8 Å². The van der Waals surface area contributed by atoms with Gasteiger partial charge in [0.25, 0.3) is 0 Å². The Bertz CT molecular complexity index is 225. The topological polar surface area (TPSA) is 105 Å². The third-order valence-electron chi connectivity index (χ3n) is 2.51. The molecule has 0 aromatic rings. The number of nitrogens with two attached hydrogens (primary N) is 1. The zero-order valence-corrected chi connectivity index (χ0v) is 9.40. The largest absolute Gasteiger partial charge is 0.635 e. The van der Waals surface area contributed by atoms with Crippen molar-refractivity contribution in [3.63, 3.8) is 0 Å². The van der Waals surface area contributed by atoms with Gasteiger partial charge in [0.05, 0.1) is 11.4 Å². The molecule has 4 N–H and O–H groups in total. The SMILES string of the molecule is CCC(CC(C)=NO)(CC(C)=NO)[NH2+][O-]. The highest BCUT2D eigenvalue weighted by molar-refractivity contribution is 5.85. The maximum atomic E-state index is 11.1. The first-order valence-electron chi connectivity index (χ1n) is 4.85. The summed E-state index contributed by atoms with van der Waals surface area (Å²) < 4.78 is 0. The number of hydrogen-bond acceptors (Lipinski definition) is 5. The summed E-state index contributed by atoms with van der Waals surface area (Å²) in [5.74, 6) is 0. The summed E-state index contributed by atoms with van der Waals surface area (Å²) in [5.41, 5.74) is 1.20. The Morgan fingerprint density at radius 3 is 1.80 bits per heavy atom. The van der Waals surface area contributed by atoms with Crippen LogP contribution in [0.15, 0.2) is 10.3 Å². The van der Waals surface area contributed by atoms with Crippen LogP contribution in [0.1, 0.15) is 40.0 Å². The van der Waals surface area contributed by atoms with E-state index in [2.05, 4.69) is 10.3 Å². The van der Waals surface area contributed by atoms with Crippen LogP contribution in [-0.4, -0.2) is 27.4 Å². The van der Waals surface area contributed by atoms with Crippen molar-refractivity contribution in [3.8, 4) is 0 Å². The number of nitrogens with zero attached hydrogens (tertiary/aromatic N) is 2. The molecule has 0 radical (unpaired) electrons. The third kappa shape index (κ3) is 4.26. The second-order valence-corrected chi connectivity index (χ2v) is 3.86. The predicted molar refractivity (Wildman–Crippen MR) is 57.3 cm³/mol. The second kappa shape index (κ2) is 6.36. The van der Waals surface area contributed by atoms with Crippen molar-refractivity contribution in [2.75, 3.05) is 0 Å². The molecule has 0 heterocycles. The highest BCUT2D eigenvalue weighted by atomic mass is 16.5. The number of oxime groups is 2. The van der Waals surface area contributed by atoms with E-state index in [0.717, 1.165) is 5.48 Å². The summed E-state index contributed by atoms with van der Waals surface area (Å²) in [5, 5.41) is 34.3. The fourth-order valence-corrected chi connectivity index (χ4v) is 1.57. The molecule has 0 aliphatic carbocycles. The molecule has 0 aromatic heterocycles. The molecule has 0 bridgehead atoms. The summed E-state index contributed by atoms with van der Waals surface area (Å²) in [4.78, 5) is 0. The lowest BCUT2D eigenvalue weighted by molar-refractivity contribution is -0.668. The smallest absolute Gasteiger partial charge is 0.106 e. The lowest BCUT2D eigenvalue weighted by Crippen LogP contribution is -2.92. The molecular formula is C9H19N3O3. The van der Waals surface area contributed by atoms with E-state index >= 15 is 0 Å². The van der Waals surface area contributed by atoms with E-state index in [1.165, 1.54) is 0 Å². The van der Waals surface area contributed by atoms with Crippen LogP contribution in [0.2, 0.25) is 0 Å². The van der Waals surface area contributed by atoms with E-state index in [1.54, 1.807) is 13.8 Å². The monoisotopic (exact) mass is 217 g/mol. The lowest BCUT2D eigenvalue weighted by atomic mass is 9.86. The van der Waals surface area contributed by atoms with Crippen molar-refractivity contribution >= 4 is 11.4 Å². The van der Waals surface area contributed by atoms with Crippen LogP contribution < -0.4 is 5.48 Å². The van der Waals surface area contributed by atoms with Gasteiger partial charge in [-0.1, -0.05) is 17.2 Å². The molecule has 0 fully saturated rings. The van der Waals surface area contributed by atoms with Crippen LogP contribution in [0, 0.1) is 5.21 Å². The minimum absolute atomic E-state index is 0.371. The zero-order valence-electron chi connectivity index (χ0n) is 9.40. The van der Waals surface area contributed by atoms with Crippen LogP contribution >= 0.6 is 0 Å². The first kappa shape index (κ1) is 13.9. The fraction of sp³-hybridized carbons (Fsp3) is 0.778. The number of hydroxylamine groups is 1. The summed E-state index contributed by atoms with van der Waals surface area (Å²) in [6.45, 7) is 5.18. The van der Waals surface area contributed by atoms with Crippen molar-refractivity contribution in [3.05, 3.63) is 5.21 Å². The van der Waals surface area contributed by atoms with Gasteiger partial charge in [-0.3, -0.25) is 0 Å². The van der Waals surface area contributed by atoms with Gasteiger partial charge in [-0.15, -0.1) is 0 Å². The van der Waals surface area contributed by atoms with Crippen molar-refractivity contribution in [1.29, 1.82) is 0 Å². The summed E-state index contributed by atoms with van der Waals surface area (Å²) in [7, 11) is 0. The molecule has 0 amide bonds. The molecule has 0 aromatic carbocycles. The number of quaternary nitrogens is 1. The highest BCUT2D eigenvalue weighted by Crippen LogP contribution is 2.17. The minimum Gasteiger partial charge on any atom is -0.635 e.